The summed E-state index contributed by atoms with van der Waals surface area (Å²) in [4.78, 5) is 4.05. The molecule has 2 rings (SSSR count). The van der Waals surface area contributed by atoms with Crippen LogP contribution in [0.2, 0.25) is 0 Å². The van der Waals surface area contributed by atoms with Crippen molar-refractivity contribution in [1.29, 1.82) is 0 Å². The first-order chi connectivity index (χ1) is 7.90. The molecular weight excluding hydrogens is 218 g/mol. The molecule has 0 aliphatic carbocycles. The van der Waals surface area contributed by atoms with Gasteiger partial charge in [-0.3, -0.25) is 4.90 Å². The van der Waals surface area contributed by atoms with Gasteiger partial charge in [0.2, 0.25) is 0 Å². The van der Waals surface area contributed by atoms with Gasteiger partial charge in [-0.2, -0.15) is 0 Å². The van der Waals surface area contributed by atoms with Crippen LogP contribution in [0.15, 0.2) is 17.5 Å². The molecule has 3 heteroatoms. The highest BCUT2D eigenvalue weighted by molar-refractivity contribution is 7.09. The molecule has 2 heterocycles. The number of hydrogen-bond donors (Lipinski definition) is 1. The summed E-state index contributed by atoms with van der Waals surface area (Å²) in [5, 5.41) is 11.2. The third kappa shape index (κ3) is 3.30. The fourth-order valence-corrected chi connectivity index (χ4v) is 3.24. The van der Waals surface area contributed by atoms with E-state index in [4.69, 9.17) is 5.11 Å². The zero-order valence-electron chi connectivity index (χ0n) is 9.77. The molecule has 1 fully saturated rings. The van der Waals surface area contributed by atoms with Crippen molar-refractivity contribution in [2.45, 2.75) is 38.1 Å². The van der Waals surface area contributed by atoms with Crippen LogP contribution in [0, 0.1) is 0 Å². The highest BCUT2D eigenvalue weighted by Gasteiger charge is 2.21. The third-order valence-electron chi connectivity index (χ3n) is 3.44. The molecule has 1 aromatic rings. The van der Waals surface area contributed by atoms with E-state index in [9.17, 15) is 0 Å². The minimum absolute atomic E-state index is 0.334. The Labute approximate surface area is 102 Å². The van der Waals surface area contributed by atoms with Gasteiger partial charge in [-0.25, -0.2) is 0 Å². The van der Waals surface area contributed by atoms with E-state index in [0.717, 1.165) is 13.0 Å². The molecule has 0 saturated carbocycles. The van der Waals surface area contributed by atoms with E-state index in [1.807, 2.05) is 11.3 Å². The average molecular weight is 239 g/mol. The van der Waals surface area contributed by atoms with Crippen LogP contribution in [-0.4, -0.2) is 35.7 Å². The van der Waals surface area contributed by atoms with Crippen LogP contribution in [0.4, 0.5) is 0 Å². The molecule has 0 bridgehead atoms. The molecule has 0 spiro atoms. The van der Waals surface area contributed by atoms with Gasteiger partial charge in [0, 0.05) is 24.1 Å². The summed E-state index contributed by atoms with van der Waals surface area (Å²) in [5.74, 6) is 0. The number of aliphatic hydroxyl groups excluding tert-OH is 1. The van der Waals surface area contributed by atoms with Crippen LogP contribution < -0.4 is 0 Å². The Kier molecular flexibility index (Phi) is 4.82. The number of piperidine rings is 1. The molecule has 0 amide bonds. The van der Waals surface area contributed by atoms with Gasteiger partial charge in [-0.05, 0) is 43.7 Å². The van der Waals surface area contributed by atoms with Crippen molar-refractivity contribution in [3.05, 3.63) is 22.4 Å². The summed E-state index contributed by atoms with van der Waals surface area (Å²) >= 11 is 1.85. The SMILES string of the molecule is OCCC1CCCCN1CCc1cccs1. The molecule has 1 aliphatic rings. The molecule has 1 N–H and O–H groups in total. The van der Waals surface area contributed by atoms with Gasteiger partial charge in [0.05, 0.1) is 0 Å². The Balaban J connectivity index is 1.81. The molecule has 0 aromatic carbocycles. The maximum absolute atomic E-state index is 9.06. The second kappa shape index (κ2) is 6.38. The molecule has 1 saturated heterocycles. The van der Waals surface area contributed by atoms with Crippen molar-refractivity contribution in [3.63, 3.8) is 0 Å². The summed E-state index contributed by atoms with van der Waals surface area (Å²) in [7, 11) is 0. The van der Waals surface area contributed by atoms with Gasteiger partial charge in [-0.1, -0.05) is 12.5 Å². The topological polar surface area (TPSA) is 23.5 Å². The fourth-order valence-electron chi connectivity index (χ4n) is 2.54. The smallest absolute Gasteiger partial charge is 0.0445 e. The van der Waals surface area contributed by atoms with E-state index in [2.05, 4.69) is 22.4 Å². The largest absolute Gasteiger partial charge is 0.396 e. The standard InChI is InChI=1S/C13H21NOS/c15-10-7-12-4-1-2-8-14(12)9-6-13-5-3-11-16-13/h3,5,11-12,15H,1-2,4,6-10H2. The summed E-state index contributed by atoms with van der Waals surface area (Å²) in [6.07, 6.45) is 6.04. The predicted molar refractivity (Wildman–Crippen MR) is 68.9 cm³/mol. The van der Waals surface area contributed by atoms with Gasteiger partial charge in [-0.15, -0.1) is 11.3 Å². The molecule has 1 aromatic heterocycles. The normalized spacial score (nSPS) is 22.4. The zero-order chi connectivity index (χ0) is 11.2. The van der Waals surface area contributed by atoms with Crippen molar-refractivity contribution in [1.82, 2.24) is 4.90 Å². The number of aliphatic hydroxyl groups is 1. The summed E-state index contributed by atoms with van der Waals surface area (Å²) in [6.45, 7) is 2.71. The second-order valence-corrected chi connectivity index (χ2v) is 5.56. The Morgan fingerprint density at radius 2 is 2.38 bits per heavy atom. The van der Waals surface area contributed by atoms with Crippen molar-refractivity contribution in [2.24, 2.45) is 0 Å². The lowest BCUT2D eigenvalue weighted by Crippen LogP contribution is -2.41. The van der Waals surface area contributed by atoms with E-state index in [1.165, 1.54) is 37.1 Å². The molecule has 2 nitrogen and oxygen atoms in total. The summed E-state index contributed by atoms with van der Waals surface area (Å²) < 4.78 is 0. The van der Waals surface area contributed by atoms with Crippen LogP contribution in [0.1, 0.15) is 30.6 Å². The van der Waals surface area contributed by atoms with Gasteiger partial charge in [0.15, 0.2) is 0 Å². The van der Waals surface area contributed by atoms with Crippen molar-refractivity contribution >= 4 is 11.3 Å². The number of nitrogens with zero attached hydrogens (tertiary/aromatic N) is 1. The Bertz CT molecular complexity index is 284. The zero-order valence-corrected chi connectivity index (χ0v) is 10.6. The number of thiophene rings is 1. The van der Waals surface area contributed by atoms with Crippen LogP contribution in [0.3, 0.4) is 0 Å². The quantitative estimate of drug-likeness (QED) is 0.853. The fraction of sp³-hybridized carbons (Fsp3) is 0.692. The number of hydrogen-bond acceptors (Lipinski definition) is 3. The van der Waals surface area contributed by atoms with Crippen LogP contribution in [0.25, 0.3) is 0 Å². The Hall–Kier alpha value is -0.380. The van der Waals surface area contributed by atoms with E-state index >= 15 is 0 Å². The molecule has 16 heavy (non-hydrogen) atoms. The van der Waals surface area contributed by atoms with E-state index in [1.54, 1.807) is 0 Å². The first kappa shape index (κ1) is 12.1. The van der Waals surface area contributed by atoms with Crippen LogP contribution in [-0.2, 0) is 6.42 Å². The minimum Gasteiger partial charge on any atom is -0.396 e. The summed E-state index contributed by atoms with van der Waals surface area (Å²) in [5.41, 5.74) is 0. The lowest BCUT2D eigenvalue weighted by molar-refractivity contribution is 0.121. The molecule has 1 unspecified atom stereocenters. The van der Waals surface area contributed by atoms with Crippen molar-refractivity contribution in [2.75, 3.05) is 19.7 Å². The highest BCUT2D eigenvalue weighted by atomic mass is 32.1. The lowest BCUT2D eigenvalue weighted by atomic mass is 9.99. The predicted octanol–water partition coefficient (Wildman–Crippen LogP) is 2.53. The van der Waals surface area contributed by atoms with Crippen LogP contribution in [0.5, 0.6) is 0 Å². The van der Waals surface area contributed by atoms with Crippen LogP contribution >= 0.6 is 11.3 Å². The maximum atomic E-state index is 9.06. The van der Waals surface area contributed by atoms with Gasteiger partial charge >= 0.3 is 0 Å². The third-order valence-corrected chi connectivity index (χ3v) is 4.37. The summed E-state index contributed by atoms with van der Waals surface area (Å²) in [6, 6.07) is 4.97. The first-order valence-electron chi connectivity index (χ1n) is 6.27. The van der Waals surface area contributed by atoms with Gasteiger partial charge < -0.3 is 5.11 Å². The van der Waals surface area contributed by atoms with Gasteiger partial charge in [0.1, 0.15) is 0 Å². The van der Waals surface area contributed by atoms with Crippen molar-refractivity contribution < 1.29 is 5.11 Å². The molecule has 1 aliphatic heterocycles. The van der Waals surface area contributed by atoms with Crippen molar-refractivity contribution in [3.8, 4) is 0 Å². The average Bonchev–Trinajstić information content (AvgIpc) is 2.81. The van der Waals surface area contributed by atoms with E-state index in [-0.39, 0.29) is 0 Å². The Morgan fingerprint density at radius 3 is 3.12 bits per heavy atom. The molecule has 0 radical (unpaired) electrons. The molecule has 1 atom stereocenters. The van der Waals surface area contributed by atoms with E-state index in [0.29, 0.717) is 12.6 Å². The number of rotatable bonds is 5. The van der Waals surface area contributed by atoms with Gasteiger partial charge in [0.25, 0.3) is 0 Å². The molecule has 90 valence electrons. The Morgan fingerprint density at radius 1 is 1.44 bits per heavy atom. The van der Waals surface area contributed by atoms with E-state index < -0.39 is 0 Å². The first-order valence-corrected chi connectivity index (χ1v) is 7.15. The minimum atomic E-state index is 0.334. The highest BCUT2D eigenvalue weighted by Crippen LogP contribution is 2.20. The second-order valence-electron chi connectivity index (χ2n) is 4.53. The lowest BCUT2D eigenvalue weighted by Gasteiger charge is -2.35. The monoisotopic (exact) mass is 239 g/mol. The maximum Gasteiger partial charge on any atom is 0.0445 e. The molecular formula is C13H21NOS. The number of likely N-dealkylation sites (tertiary alicyclic amines) is 1.